The first-order valence-electron chi connectivity index (χ1n) is 9.18. The molecule has 0 aromatic rings. The van der Waals surface area contributed by atoms with Crippen molar-refractivity contribution in [2.75, 3.05) is 20.8 Å². The summed E-state index contributed by atoms with van der Waals surface area (Å²) >= 11 is 0. The van der Waals surface area contributed by atoms with Crippen LogP contribution >= 0.6 is 0 Å². The van der Waals surface area contributed by atoms with Gasteiger partial charge < -0.3 is 15.4 Å². The van der Waals surface area contributed by atoms with E-state index in [2.05, 4.69) is 10.6 Å². The van der Waals surface area contributed by atoms with Crippen LogP contribution in [0.3, 0.4) is 0 Å². The zero-order valence-electron chi connectivity index (χ0n) is 16.6. The highest BCUT2D eigenvalue weighted by Crippen LogP contribution is 2.10. The van der Waals surface area contributed by atoms with E-state index in [0.29, 0.717) is 12.8 Å². The van der Waals surface area contributed by atoms with Crippen LogP contribution in [0.5, 0.6) is 0 Å². The standard InChI is InChI=1S/C18H35N3O4/c1-7-10-14(21(5)6)17(23)20-16(13(4)9-3)18(24)19-12-25-15(22)11-8-2/h13-14,16H,7-12H2,1-6H3,(H,19,24)(H,20,23). The Morgan fingerprint density at radius 1 is 1.04 bits per heavy atom. The summed E-state index contributed by atoms with van der Waals surface area (Å²) in [7, 11) is 3.71. The molecule has 0 heterocycles. The number of rotatable bonds is 12. The molecule has 0 aliphatic heterocycles. The van der Waals surface area contributed by atoms with Crippen molar-refractivity contribution in [3.05, 3.63) is 0 Å². The predicted molar refractivity (Wildman–Crippen MR) is 97.8 cm³/mol. The molecule has 0 aromatic heterocycles. The molecule has 0 aliphatic carbocycles. The van der Waals surface area contributed by atoms with E-state index in [4.69, 9.17) is 4.74 Å². The highest BCUT2D eigenvalue weighted by atomic mass is 16.5. The molecule has 0 saturated carbocycles. The molecule has 0 rings (SSSR count). The Hall–Kier alpha value is -1.63. The highest BCUT2D eigenvalue weighted by Gasteiger charge is 2.29. The molecule has 0 spiro atoms. The summed E-state index contributed by atoms with van der Waals surface area (Å²) in [6.45, 7) is 7.61. The lowest BCUT2D eigenvalue weighted by Crippen LogP contribution is -2.55. The maximum absolute atomic E-state index is 12.6. The number of hydrogen-bond donors (Lipinski definition) is 2. The van der Waals surface area contributed by atoms with E-state index >= 15 is 0 Å². The minimum absolute atomic E-state index is 0.0280. The van der Waals surface area contributed by atoms with E-state index in [1.807, 2.05) is 46.7 Å². The first kappa shape index (κ1) is 23.4. The Labute approximate surface area is 151 Å². The van der Waals surface area contributed by atoms with Gasteiger partial charge in [-0.3, -0.25) is 19.3 Å². The lowest BCUT2D eigenvalue weighted by molar-refractivity contribution is -0.146. The number of esters is 1. The molecule has 3 atom stereocenters. The monoisotopic (exact) mass is 357 g/mol. The molecular formula is C18H35N3O4. The molecule has 0 aromatic carbocycles. The van der Waals surface area contributed by atoms with Gasteiger partial charge in [0.05, 0.1) is 6.04 Å². The van der Waals surface area contributed by atoms with Gasteiger partial charge in [0.25, 0.3) is 0 Å². The van der Waals surface area contributed by atoms with Gasteiger partial charge in [0, 0.05) is 6.42 Å². The predicted octanol–water partition coefficient (Wildman–Crippen LogP) is 1.66. The smallest absolute Gasteiger partial charge is 0.307 e. The normalized spacial score (nSPS) is 14.5. The summed E-state index contributed by atoms with van der Waals surface area (Å²) in [5, 5.41) is 5.45. The van der Waals surface area contributed by atoms with Crippen molar-refractivity contribution in [3.63, 3.8) is 0 Å². The zero-order chi connectivity index (χ0) is 19.4. The van der Waals surface area contributed by atoms with E-state index in [-0.39, 0.29) is 36.5 Å². The Bertz CT molecular complexity index is 427. The fraction of sp³-hybridized carbons (Fsp3) is 0.833. The summed E-state index contributed by atoms with van der Waals surface area (Å²) in [6.07, 6.45) is 3.37. The van der Waals surface area contributed by atoms with Crippen molar-refractivity contribution in [1.82, 2.24) is 15.5 Å². The molecule has 25 heavy (non-hydrogen) atoms. The van der Waals surface area contributed by atoms with Crippen molar-refractivity contribution >= 4 is 17.8 Å². The molecule has 3 unspecified atom stereocenters. The molecular weight excluding hydrogens is 322 g/mol. The molecule has 0 bridgehead atoms. The van der Waals surface area contributed by atoms with Gasteiger partial charge in [-0.15, -0.1) is 0 Å². The molecule has 146 valence electrons. The summed E-state index contributed by atoms with van der Waals surface area (Å²) < 4.78 is 4.95. The van der Waals surface area contributed by atoms with Gasteiger partial charge in [-0.2, -0.15) is 0 Å². The number of carbonyl (C=O) groups excluding carboxylic acids is 3. The van der Waals surface area contributed by atoms with Crippen LogP contribution in [0, 0.1) is 5.92 Å². The Balaban J connectivity index is 4.80. The fourth-order valence-corrected chi connectivity index (χ4v) is 2.42. The van der Waals surface area contributed by atoms with E-state index in [0.717, 1.165) is 19.3 Å². The first-order valence-corrected chi connectivity index (χ1v) is 9.18. The Morgan fingerprint density at radius 3 is 2.16 bits per heavy atom. The fourth-order valence-electron chi connectivity index (χ4n) is 2.42. The quantitative estimate of drug-likeness (QED) is 0.410. The maximum Gasteiger partial charge on any atom is 0.307 e. The van der Waals surface area contributed by atoms with Crippen LogP contribution in [0.15, 0.2) is 0 Å². The topological polar surface area (TPSA) is 87.7 Å². The number of amides is 2. The third-order valence-corrected chi connectivity index (χ3v) is 4.22. The van der Waals surface area contributed by atoms with E-state index in [1.165, 1.54) is 0 Å². The van der Waals surface area contributed by atoms with Gasteiger partial charge >= 0.3 is 5.97 Å². The van der Waals surface area contributed by atoms with Crippen LogP contribution in [0.2, 0.25) is 0 Å². The van der Waals surface area contributed by atoms with Gasteiger partial charge in [-0.25, -0.2) is 0 Å². The number of nitrogens with one attached hydrogen (secondary N) is 2. The van der Waals surface area contributed by atoms with Crippen LogP contribution in [-0.4, -0.2) is 55.6 Å². The molecule has 7 heteroatoms. The number of likely N-dealkylation sites (N-methyl/N-ethyl adjacent to an activating group) is 1. The van der Waals surface area contributed by atoms with Crippen molar-refractivity contribution in [3.8, 4) is 0 Å². The van der Waals surface area contributed by atoms with Crippen LogP contribution < -0.4 is 10.6 Å². The number of ether oxygens (including phenoxy) is 1. The maximum atomic E-state index is 12.6. The minimum atomic E-state index is -0.651. The van der Waals surface area contributed by atoms with Crippen LogP contribution in [0.25, 0.3) is 0 Å². The van der Waals surface area contributed by atoms with Gasteiger partial charge in [-0.1, -0.05) is 40.5 Å². The van der Waals surface area contributed by atoms with Crippen molar-refractivity contribution in [2.24, 2.45) is 5.92 Å². The Morgan fingerprint density at radius 2 is 1.68 bits per heavy atom. The molecule has 2 amide bonds. The molecule has 0 radical (unpaired) electrons. The minimum Gasteiger partial charge on any atom is -0.444 e. The second-order valence-electron chi connectivity index (χ2n) is 6.59. The average Bonchev–Trinajstić information content (AvgIpc) is 2.56. The second kappa shape index (κ2) is 12.7. The lowest BCUT2D eigenvalue weighted by Gasteiger charge is -2.28. The van der Waals surface area contributed by atoms with Gasteiger partial charge in [0.15, 0.2) is 6.73 Å². The van der Waals surface area contributed by atoms with E-state index in [1.54, 1.807) is 0 Å². The third kappa shape index (κ3) is 8.86. The molecule has 0 saturated heterocycles. The highest BCUT2D eigenvalue weighted by molar-refractivity contribution is 5.90. The van der Waals surface area contributed by atoms with Crippen LogP contribution in [-0.2, 0) is 19.1 Å². The van der Waals surface area contributed by atoms with Crippen LogP contribution in [0.4, 0.5) is 0 Å². The van der Waals surface area contributed by atoms with E-state index in [9.17, 15) is 14.4 Å². The third-order valence-electron chi connectivity index (χ3n) is 4.22. The summed E-state index contributed by atoms with van der Waals surface area (Å²) in [4.78, 5) is 38.2. The van der Waals surface area contributed by atoms with E-state index < -0.39 is 6.04 Å². The van der Waals surface area contributed by atoms with Gasteiger partial charge in [-0.05, 0) is 32.9 Å². The summed E-state index contributed by atoms with van der Waals surface area (Å²) in [6, 6.07) is -0.923. The number of carbonyl (C=O) groups is 3. The molecule has 2 N–H and O–H groups in total. The zero-order valence-corrected chi connectivity index (χ0v) is 16.6. The Kier molecular flexibility index (Phi) is 11.9. The second-order valence-corrected chi connectivity index (χ2v) is 6.59. The first-order chi connectivity index (χ1) is 11.8. The summed E-state index contributed by atoms with van der Waals surface area (Å²) in [5.74, 6) is -0.862. The van der Waals surface area contributed by atoms with Gasteiger partial charge in [0.1, 0.15) is 6.04 Å². The largest absolute Gasteiger partial charge is 0.444 e. The number of nitrogens with zero attached hydrogens (tertiary/aromatic N) is 1. The average molecular weight is 357 g/mol. The van der Waals surface area contributed by atoms with Crippen LogP contribution in [0.1, 0.15) is 59.8 Å². The summed E-state index contributed by atoms with van der Waals surface area (Å²) in [5.41, 5.74) is 0. The van der Waals surface area contributed by atoms with Gasteiger partial charge in [0.2, 0.25) is 11.8 Å². The van der Waals surface area contributed by atoms with Crippen molar-refractivity contribution in [1.29, 1.82) is 0 Å². The molecule has 0 fully saturated rings. The lowest BCUT2D eigenvalue weighted by atomic mass is 9.97. The van der Waals surface area contributed by atoms with Crippen molar-refractivity contribution < 1.29 is 19.1 Å². The molecule has 7 nitrogen and oxygen atoms in total. The SMILES string of the molecule is CCCC(=O)OCNC(=O)C(NC(=O)C(CCC)N(C)C)C(C)CC. The molecule has 0 aliphatic rings. The number of hydrogen-bond acceptors (Lipinski definition) is 5. The van der Waals surface area contributed by atoms with Crippen molar-refractivity contribution in [2.45, 2.75) is 71.9 Å².